The molecule has 0 radical (unpaired) electrons. The molecule has 0 saturated heterocycles. The van der Waals surface area contributed by atoms with Gasteiger partial charge in [-0.1, -0.05) is 0 Å². The third-order valence-electron chi connectivity index (χ3n) is 2.02. The van der Waals surface area contributed by atoms with E-state index < -0.39 is 0 Å². The monoisotopic (exact) mass is 157 g/mol. The highest BCUT2D eigenvalue weighted by molar-refractivity contribution is 5.75. The number of nitrogens with two attached hydrogens (primary N) is 2. The molecule has 4 nitrogen and oxygen atoms in total. The van der Waals surface area contributed by atoms with Crippen molar-refractivity contribution in [2.75, 3.05) is 7.11 Å². The minimum Gasteiger partial charge on any atom is -0.381 e. The van der Waals surface area contributed by atoms with Gasteiger partial charge in [0.15, 0.2) is 5.96 Å². The maximum atomic E-state index is 5.25. The zero-order valence-corrected chi connectivity index (χ0v) is 6.79. The average Bonchev–Trinajstić information content (AvgIpc) is 2.34. The lowest BCUT2D eigenvalue weighted by atomic mass is 10.3. The molecule has 1 aliphatic carbocycles. The molecule has 64 valence electrons. The number of ether oxygens (including phenoxy) is 1. The Bertz CT molecular complexity index is 154. The molecule has 2 atom stereocenters. The summed E-state index contributed by atoms with van der Waals surface area (Å²) in [5.41, 5.74) is 10.5. The van der Waals surface area contributed by atoms with Crippen LogP contribution in [-0.2, 0) is 4.74 Å². The zero-order chi connectivity index (χ0) is 8.27. The van der Waals surface area contributed by atoms with Crippen molar-refractivity contribution < 1.29 is 4.74 Å². The van der Waals surface area contributed by atoms with Gasteiger partial charge in [-0.05, 0) is 19.3 Å². The summed E-state index contributed by atoms with van der Waals surface area (Å²) in [4.78, 5) is 4.07. The van der Waals surface area contributed by atoms with Gasteiger partial charge in [0.05, 0.1) is 12.1 Å². The number of methoxy groups -OCH3 is 1. The van der Waals surface area contributed by atoms with E-state index in [1.165, 1.54) is 0 Å². The third-order valence-corrected chi connectivity index (χ3v) is 2.02. The number of rotatable bonds is 2. The first-order chi connectivity index (χ1) is 5.22. The van der Waals surface area contributed by atoms with Crippen LogP contribution in [0.1, 0.15) is 19.3 Å². The topological polar surface area (TPSA) is 73.6 Å². The molecule has 2 unspecified atom stereocenters. The van der Waals surface area contributed by atoms with Crippen LogP contribution < -0.4 is 11.5 Å². The van der Waals surface area contributed by atoms with Crippen LogP contribution in [0.15, 0.2) is 4.99 Å². The Morgan fingerprint density at radius 1 is 1.45 bits per heavy atom. The Balaban J connectivity index is 2.36. The molecule has 1 rings (SSSR count). The molecule has 4 N–H and O–H groups in total. The fourth-order valence-electron chi connectivity index (χ4n) is 1.46. The van der Waals surface area contributed by atoms with Gasteiger partial charge in [-0.2, -0.15) is 0 Å². The smallest absolute Gasteiger partial charge is 0.186 e. The van der Waals surface area contributed by atoms with Gasteiger partial charge in [-0.3, -0.25) is 4.99 Å². The highest BCUT2D eigenvalue weighted by Crippen LogP contribution is 2.23. The molecule has 0 aromatic rings. The standard InChI is InChI=1S/C7H15N3O/c1-11-6-3-2-5(4-6)10-7(8)9/h5-6H,2-4H2,1H3,(H4,8,9,10). The molecular weight excluding hydrogens is 142 g/mol. The highest BCUT2D eigenvalue weighted by atomic mass is 16.5. The second kappa shape index (κ2) is 3.57. The molecule has 0 spiro atoms. The Hall–Kier alpha value is -0.770. The fourth-order valence-corrected chi connectivity index (χ4v) is 1.46. The Kier molecular flexibility index (Phi) is 2.70. The normalized spacial score (nSPS) is 30.3. The molecule has 1 aliphatic rings. The highest BCUT2D eigenvalue weighted by Gasteiger charge is 2.23. The van der Waals surface area contributed by atoms with E-state index in [2.05, 4.69) is 4.99 Å². The van der Waals surface area contributed by atoms with Crippen LogP contribution >= 0.6 is 0 Å². The number of aliphatic imine (C=N–C) groups is 1. The van der Waals surface area contributed by atoms with Crippen molar-refractivity contribution in [3.8, 4) is 0 Å². The number of hydrogen-bond donors (Lipinski definition) is 2. The molecule has 0 aliphatic heterocycles. The summed E-state index contributed by atoms with van der Waals surface area (Å²) in [6.07, 6.45) is 3.41. The van der Waals surface area contributed by atoms with Crippen LogP contribution in [0.3, 0.4) is 0 Å². The van der Waals surface area contributed by atoms with E-state index in [4.69, 9.17) is 16.2 Å². The largest absolute Gasteiger partial charge is 0.381 e. The van der Waals surface area contributed by atoms with E-state index in [0.717, 1.165) is 19.3 Å². The van der Waals surface area contributed by atoms with Gasteiger partial charge in [-0.25, -0.2) is 0 Å². The van der Waals surface area contributed by atoms with E-state index in [1.807, 2.05) is 0 Å². The average molecular weight is 157 g/mol. The van der Waals surface area contributed by atoms with Crippen LogP contribution in [0.25, 0.3) is 0 Å². The Labute approximate surface area is 66.6 Å². The molecule has 0 heterocycles. The second-order valence-corrected chi connectivity index (χ2v) is 2.88. The summed E-state index contributed by atoms with van der Waals surface area (Å²) in [5, 5.41) is 0. The summed E-state index contributed by atoms with van der Waals surface area (Å²) >= 11 is 0. The molecule has 1 saturated carbocycles. The van der Waals surface area contributed by atoms with Gasteiger partial charge in [0.25, 0.3) is 0 Å². The Morgan fingerprint density at radius 3 is 2.64 bits per heavy atom. The van der Waals surface area contributed by atoms with Crippen molar-refractivity contribution in [3.63, 3.8) is 0 Å². The van der Waals surface area contributed by atoms with Crippen molar-refractivity contribution in [1.29, 1.82) is 0 Å². The molecular formula is C7H15N3O. The van der Waals surface area contributed by atoms with Crippen molar-refractivity contribution in [2.45, 2.75) is 31.4 Å². The second-order valence-electron chi connectivity index (χ2n) is 2.88. The summed E-state index contributed by atoms with van der Waals surface area (Å²) in [6.45, 7) is 0. The van der Waals surface area contributed by atoms with Crippen LogP contribution in [0.4, 0.5) is 0 Å². The predicted molar refractivity (Wildman–Crippen MR) is 44.2 cm³/mol. The van der Waals surface area contributed by atoms with Gasteiger partial charge in [-0.15, -0.1) is 0 Å². The molecule has 4 heteroatoms. The first-order valence-corrected chi connectivity index (χ1v) is 3.84. The van der Waals surface area contributed by atoms with Crippen LogP contribution in [0.5, 0.6) is 0 Å². The first kappa shape index (κ1) is 8.33. The third kappa shape index (κ3) is 2.38. The van der Waals surface area contributed by atoms with Crippen molar-refractivity contribution >= 4 is 5.96 Å². The SMILES string of the molecule is COC1CCC(N=C(N)N)C1. The molecule has 0 aromatic heterocycles. The lowest BCUT2D eigenvalue weighted by Crippen LogP contribution is -2.25. The summed E-state index contributed by atoms with van der Waals surface area (Å²) < 4.78 is 5.17. The maximum absolute atomic E-state index is 5.25. The van der Waals surface area contributed by atoms with Crippen molar-refractivity contribution in [1.82, 2.24) is 0 Å². The van der Waals surface area contributed by atoms with Crippen LogP contribution in [-0.4, -0.2) is 25.2 Å². The molecule has 0 bridgehead atoms. The van der Waals surface area contributed by atoms with Crippen molar-refractivity contribution in [3.05, 3.63) is 0 Å². The first-order valence-electron chi connectivity index (χ1n) is 3.84. The summed E-state index contributed by atoms with van der Waals surface area (Å²) in [7, 11) is 1.72. The van der Waals surface area contributed by atoms with E-state index >= 15 is 0 Å². The zero-order valence-electron chi connectivity index (χ0n) is 6.79. The predicted octanol–water partition coefficient (Wildman–Crippen LogP) is -0.173. The fraction of sp³-hybridized carbons (Fsp3) is 0.857. The quantitative estimate of drug-likeness (QED) is 0.431. The summed E-state index contributed by atoms with van der Waals surface area (Å²) in [6, 6.07) is 0.282. The van der Waals surface area contributed by atoms with Crippen LogP contribution in [0, 0.1) is 0 Å². The van der Waals surface area contributed by atoms with E-state index in [9.17, 15) is 0 Å². The van der Waals surface area contributed by atoms with E-state index in [0.29, 0.717) is 6.10 Å². The minimum atomic E-state index is 0.187. The van der Waals surface area contributed by atoms with Gasteiger partial charge in [0, 0.05) is 7.11 Å². The lowest BCUT2D eigenvalue weighted by Gasteiger charge is -2.05. The maximum Gasteiger partial charge on any atom is 0.186 e. The molecule has 0 amide bonds. The number of nitrogens with zero attached hydrogens (tertiary/aromatic N) is 1. The van der Waals surface area contributed by atoms with Gasteiger partial charge < -0.3 is 16.2 Å². The van der Waals surface area contributed by atoms with E-state index in [1.54, 1.807) is 7.11 Å². The molecule has 0 aromatic carbocycles. The summed E-state index contributed by atoms with van der Waals surface area (Å²) in [5.74, 6) is 0.187. The minimum absolute atomic E-state index is 0.187. The van der Waals surface area contributed by atoms with Gasteiger partial charge in [0.1, 0.15) is 0 Å². The molecule has 11 heavy (non-hydrogen) atoms. The molecule has 1 fully saturated rings. The van der Waals surface area contributed by atoms with Gasteiger partial charge >= 0.3 is 0 Å². The number of guanidine groups is 1. The van der Waals surface area contributed by atoms with Crippen molar-refractivity contribution in [2.24, 2.45) is 16.5 Å². The van der Waals surface area contributed by atoms with Gasteiger partial charge in [0.2, 0.25) is 0 Å². The number of hydrogen-bond acceptors (Lipinski definition) is 2. The van der Waals surface area contributed by atoms with Crippen LogP contribution in [0.2, 0.25) is 0 Å². The van der Waals surface area contributed by atoms with E-state index in [-0.39, 0.29) is 12.0 Å². The Morgan fingerprint density at radius 2 is 2.18 bits per heavy atom. The lowest BCUT2D eigenvalue weighted by molar-refractivity contribution is 0.108.